The number of phenols is 1. The Morgan fingerprint density at radius 2 is 0.569 bits per heavy atom. The van der Waals surface area contributed by atoms with Crippen LogP contribution in [0.15, 0.2) is 261 Å². The molecule has 15 rings (SSSR count). The quantitative estimate of drug-likeness (QED) is 0.0210. The van der Waals surface area contributed by atoms with Crippen molar-refractivity contribution in [3.05, 3.63) is 390 Å². The largest absolute Gasteiger partial charge is 0.505 e. The van der Waals surface area contributed by atoms with E-state index >= 15 is 0 Å². The highest BCUT2D eigenvalue weighted by atomic mass is 35.5. The lowest BCUT2D eigenvalue weighted by molar-refractivity contribution is 0.0586. The molecule has 24 heteroatoms. The number of esters is 4. The standard InChI is InChI=1S/C27H24FNO4.C26H21ClFNO3.C26H22FNO4.C20H18FNO4/c1-31-17-21-14-24(27(30)32-2)26(33-16-19-6-4-3-5-7-19)25-23(21)13-20(15-29-25)12-18-8-10-22(28)11-9-18;1-31-26(30)23-13-20(14-27)22-12-19(11-17-7-9-21(28)10-8-17)15-29-24(22)25(23)32-16-18-5-3-2-4-6-18;1-31-26(30)23-13-20(15-29)22-12-19(11-17-7-9-21(27)10-8-17)14-28-24(22)25(23)32-16-18-5-3-2-4-6-18;1-25-11-14-9-17(20(24)26-2)19(23)18-16(14)8-13(10-22-18)7-12-3-5-15(21)6-4-12/h3-11,13-15H,12,16-17H2,1-2H3;2-10,12-13,15H,11,14,16H2,1H3;2-10,12-14,29H,11,15-16H2,1H3;3-6,8-10,23H,7,11H2,1-2H3. The summed E-state index contributed by atoms with van der Waals surface area (Å²) in [5, 5.41) is 23.4. The molecule has 626 valence electrons. The molecule has 0 atom stereocenters. The van der Waals surface area contributed by atoms with Gasteiger partial charge in [0.25, 0.3) is 0 Å². The van der Waals surface area contributed by atoms with Crippen molar-refractivity contribution in [1.29, 1.82) is 0 Å². The first-order chi connectivity index (χ1) is 59.8. The summed E-state index contributed by atoms with van der Waals surface area (Å²) >= 11 is 6.22. The number of hydrogen-bond acceptors (Lipinski definition) is 19. The number of carbonyl (C=O) groups excluding carboxylic acids is 4. The van der Waals surface area contributed by atoms with Gasteiger partial charge >= 0.3 is 23.9 Å². The monoisotopic (exact) mass is 1680 g/mol. The number of rotatable bonds is 27. The van der Waals surface area contributed by atoms with Gasteiger partial charge in [0.2, 0.25) is 0 Å². The van der Waals surface area contributed by atoms with Crippen molar-refractivity contribution in [2.45, 2.75) is 71.2 Å². The molecular weight excluding hydrogens is 1600 g/mol. The van der Waals surface area contributed by atoms with Crippen LogP contribution in [0, 0.1) is 23.3 Å². The Morgan fingerprint density at radius 3 is 0.862 bits per heavy atom. The minimum absolute atomic E-state index is 0.0471. The van der Waals surface area contributed by atoms with Crippen LogP contribution in [0.2, 0.25) is 0 Å². The van der Waals surface area contributed by atoms with E-state index in [9.17, 15) is 47.0 Å². The van der Waals surface area contributed by atoms with Crippen LogP contribution < -0.4 is 14.2 Å². The number of benzene rings is 11. The van der Waals surface area contributed by atoms with Crippen LogP contribution >= 0.6 is 11.6 Å². The fourth-order valence-corrected chi connectivity index (χ4v) is 14.0. The van der Waals surface area contributed by atoms with E-state index in [4.69, 9.17) is 54.2 Å². The zero-order chi connectivity index (χ0) is 86.9. The van der Waals surface area contributed by atoms with Crippen molar-refractivity contribution < 1.29 is 89.6 Å². The third-order valence-electron chi connectivity index (χ3n) is 19.8. The number of halogens is 5. The molecule has 0 radical (unpaired) electrons. The van der Waals surface area contributed by atoms with Crippen LogP contribution in [0.5, 0.6) is 23.0 Å². The van der Waals surface area contributed by atoms with E-state index in [0.29, 0.717) is 99.1 Å². The molecule has 4 aromatic heterocycles. The fraction of sp³-hybridized carbons (Fsp3) is 0.172. The van der Waals surface area contributed by atoms with Gasteiger partial charge in [0.05, 0.1) is 48.3 Å². The Bertz CT molecular complexity index is 6010. The Labute approximate surface area is 712 Å². The zero-order valence-corrected chi connectivity index (χ0v) is 68.7. The van der Waals surface area contributed by atoms with Crippen molar-refractivity contribution in [1.82, 2.24) is 19.9 Å². The number of aromatic hydroxyl groups is 1. The summed E-state index contributed by atoms with van der Waals surface area (Å²) in [6, 6.07) is 68.6. The maximum atomic E-state index is 13.3. The first-order valence-corrected chi connectivity index (χ1v) is 39.3. The number of pyridine rings is 4. The van der Waals surface area contributed by atoms with Gasteiger partial charge in [-0.3, -0.25) is 19.9 Å². The summed E-state index contributed by atoms with van der Waals surface area (Å²) in [7, 11) is 8.36. The minimum Gasteiger partial charge on any atom is -0.505 e. The summed E-state index contributed by atoms with van der Waals surface area (Å²) in [5.41, 5.74) is 15.9. The number of phenolic OH excluding ortho intramolecular Hbond substituents is 1. The molecule has 11 aromatic carbocycles. The van der Waals surface area contributed by atoms with Gasteiger partial charge in [0.15, 0.2) is 23.0 Å². The maximum Gasteiger partial charge on any atom is 0.341 e. The molecule has 0 aliphatic heterocycles. The number of methoxy groups -OCH3 is 6. The van der Waals surface area contributed by atoms with Crippen LogP contribution in [-0.4, -0.2) is 96.7 Å². The lowest BCUT2D eigenvalue weighted by Crippen LogP contribution is -2.09. The average molecular weight is 1680 g/mol. The highest BCUT2D eigenvalue weighted by Gasteiger charge is 2.26. The number of carbonyl (C=O) groups is 4. The molecule has 0 aliphatic rings. The van der Waals surface area contributed by atoms with Gasteiger partial charge in [-0.2, -0.15) is 0 Å². The van der Waals surface area contributed by atoms with Crippen LogP contribution in [-0.2, 0) is 99.6 Å². The van der Waals surface area contributed by atoms with E-state index in [1.165, 1.54) is 77.0 Å². The number of aliphatic hydroxyl groups excluding tert-OH is 1. The molecule has 0 amide bonds. The van der Waals surface area contributed by atoms with E-state index in [0.717, 1.165) is 83.1 Å². The van der Waals surface area contributed by atoms with Gasteiger partial charge < -0.3 is 52.8 Å². The van der Waals surface area contributed by atoms with Gasteiger partial charge in [-0.25, -0.2) is 36.7 Å². The number of ether oxygens (including phenoxy) is 9. The molecule has 0 saturated heterocycles. The fourth-order valence-electron chi connectivity index (χ4n) is 13.7. The van der Waals surface area contributed by atoms with E-state index in [1.54, 1.807) is 112 Å². The van der Waals surface area contributed by atoms with Crippen molar-refractivity contribution in [3.8, 4) is 23.0 Å². The van der Waals surface area contributed by atoms with E-state index in [2.05, 4.69) is 19.9 Å². The zero-order valence-electron chi connectivity index (χ0n) is 68.0. The van der Waals surface area contributed by atoms with Gasteiger partial charge in [-0.1, -0.05) is 140 Å². The number of alkyl halides is 1. The Balaban J connectivity index is 0.000000150. The lowest BCUT2D eigenvalue weighted by Gasteiger charge is -2.16. The van der Waals surface area contributed by atoms with Crippen LogP contribution in [0.1, 0.15) is 125 Å². The number of fused-ring (bicyclic) bond motifs is 4. The van der Waals surface area contributed by atoms with Gasteiger partial charge in [-0.05, 0) is 206 Å². The van der Waals surface area contributed by atoms with Crippen molar-refractivity contribution in [2.24, 2.45) is 0 Å². The molecule has 19 nitrogen and oxygen atoms in total. The second kappa shape index (κ2) is 42.8. The maximum absolute atomic E-state index is 13.3. The minimum atomic E-state index is -0.640. The molecule has 4 heterocycles. The van der Waals surface area contributed by atoms with Crippen LogP contribution in [0.4, 0.5) is 17.6 Å². The molecule has 0 saturated carbocycles. The molecule has 0 spiro atoms. The van der Waals surface area contributed by atoms with Crippen molar-refractivity contribution in [3.63, 3.8) is 0 Å². The Morgan fingerprint density at radius 1 is 0.309 bits per heavy atom. The summed E-state index contributed by atoms with van der Waals surface area (Å²) in [6.07, 6.45) is 9.10. The first-order valence-electron chi connectivity index (χ1n) is 38.7. The summed E-state index contributed by atoms with van der Waals surface area (Å²) in [5.74, 6) is -2.33. The Kier molecular flexibility index (Phi) is 30.7. The predicted molar refractivity (Wildman–Crippen MR) is 460 cm³/mol. The SMILES string of the molecule is COC(=O)c1cc(CCl)c2cc(Cc3ccc(F)cc3)cnc2c1OCc1ccccc1.COC(=O)c1cc(CO)c2cc(Cc3ccc(F)cc3)cnc2c1OCc1ccccc1.COCc1cc(C(=O)OC)c(O)c2ncc(Cc3ccc(F)cc3)cc12.COCc1cc(C(=O)OC)c(OCc2ccccc2)c2ncc(Cc3ccc(F)cc3)cc12. The summed E-state index contributed by atoms with van der Waals surface area (Å²) < 4.78 is 101. The van der Waals surface area contributed by atoms with Gasteiger partial charge in [0.1, 0.15) is 87.4 Å². The van der Waals surface area contributed by atoms with Crippen molar-refractivity contribution in [2.75, 3.05) is 42.7 Å². The van der Waals surface area contributed by atoms with Crippen LogP contribution in [0.3, 0.4) is 0 Å². The number of aromatic nitrogens is 4. The number of nitrogens with zero attached hydrogens (tertiary/aromatic N) is 4. The molecule has 15 aromatic rings. The molecule has 0 unspecified atom stereocenters. The molecular formula is C99H85ClF4N4O15. The number of aliphatic hydroxyl groups is 1. The smallest absolute Gasteiger partial charge is 0.341 e. The van der Waals surface area contributed by atoms with Crippen LogP contribution in [0.25, 0.3) is 43.6 Å². The Hall–Kier alpha value is -14.0. The third-order valence-corrected chi connectivity index (χ3v) is 20.1. The average Bonchev–Trinajstić information content (AvgIpc) is 0.886. The summed E-state index contributed by atoms with van der Waals surface area (Å²) in [6.45, 7) is 1.07. The van der Waals surface area contributed by atoms with E-state index in [-0.39, 0.29) is 84.6 Å². The van der Waals surface area contributed by atoms with Crippen molar-refractivity contribution >= 4 is 79.1 Å². The normalized spacial score (nSPS) is 10.9. The highest BCUT2D eigenvalue weighted by molar-refractivity contribution is 6.18. The second-order valence-electron chi connectivity index (χ2n) is 28.3. The predicted octanol–water partition coefficient (Wildman–Crippen LogP) is 20.0. The van der Waals surface area contributed by atoms with Gasteiger partial charge in [0, 0.05) is 66.4 Å². The molecule has 0 aliphatic carbocycles. The molecule has 0 bridgehead atoms. The topological polar surface area (TPSA) is 243 Å². The molecule has 123 heavy (non-hydrogen) atoms. The lowest BCUT2D eigenvalue weighted by atomic mass is 9.99. The van der Waals surface area contributed by atoms with Gasteiger partial charge in [-0.15, -0.1) is 11.6 Å². The number of hydrogen-bond donors (Lipinski definition) is 2. The third kappa shape index (κ3) is 22.8. The molecule has 2 N–H and O–H groups in total. The first kappa shape index (κ1) is 88.3. The second-order valence-corrected chi connectivity index (χ2v) is 28.6. The molecule has 0 fully saturated rings. The highest BCUT2D eigenvalue weighted by Crippen LogP contribution is 2.39. The summed E-state index contributed by atoms with van der Waals surface area (Å²) in [4.78, 5) is 67.6. The van der Waals surface area contributed by atoms with E-state index in [1.807, 2.05) is 115 Å². The van der Waals surface area contributed by atoms with E-state index < -0.39 is 23.9 Å².